The van der Waals surface area contributed by atoms with Crippen molar-refractivity contribution in [2.75, 3.05) is 0 Å². The highest BCUT2D eigenvalue weighted by atomic mass is 79.9. The van der Waals surface area contributed by atoms with Crippen molar-refractivity contribution in [1.29, 1.82) is 5.26 Å². The second-order valence-corrected chi connectivity index (χ2v) is 9.20. The molecule has 0 aliphatic heterocycles. The highest BCUT2D eigenvalue weighted by molar-refractivity contribution is 9.10. The molecule has 0 atom stereocenters. The van der Waals surface area contributed by atoms with Crippen molar-refractivity contribution in [2.45, 2.75) is 0 Å². The number of thiazole rings is 1. The molecule has 0 saturated heterocycles. The highest BCUT2D eigenvalue weighted by Gasteiger charge is 2.15. The fraction of sp³-hybridized carbons (Fsp3) is 0. The van der Waals surface area contributed by atoms with E-state index in [0.29, 0.717) is 38.9 Å². The summed E-state index contributed by atoms with van der Waals surface area (Å²) in [6, 6.07) is 18.9. The Morgan fingerprint density at radius 1 is 1.09 bits per heavy atom. The number of halogens is 1. The van der Waals surface area contributed by atoms with Gasteiger partial charge in [0.25, 0.3) is 0 Å². The summed E-state index contributed by atoms with van der Waals surface area (Å²) in [5, 5.41) is 21.6. The van der Waals surface area contributed by atoms with E-state index in [2.05, 4.69) is 27.0 Å². The predicted octanol–water partition coefficient (Wildman–Crippen LogP) is 6.70. The molecule has 0 saturated carbocycles. The third-order valence-electron chi connectivity index (χ3n) is 5.15. The fourth-order valence-electron chi connectivity index (χ4n) is 3.44. The van der Waals surface area contributed by atoms with Gasteiger partial charge in [-0.05, 0) is 48.5 Å². The number of hydrogen-bond acceptors (Lipinski definition) is 7. The number of fused-ring (bicyclic) bond motifs is 1. The van der Waals surface area contributed by atoms with Gasteiger partial charge in [0.1, 0.15) is 28.2 Å². The zero-order valence-electron chi connectivity index (χ0n) is 17.7. The number of nitrogens with zero attached hydrogens (tertiary/aromatic N) is 2. The van der Waals surface area contributed by atoms with Gasteiger partial charge in [0, 0.05) is 26.9 Å². The number of allylic oxidation sites excluding steroid dienone is 1. The average molecular weight is 545 g/mol. The molecule has 0 unspecified atom stereocenters. The van der Waals surface area contributed by atoms with E-state index in [-0.39, 0.29) is 11.1 Å². The van der Waals surface area contributed by atoms with Crippen molar-refractivity contribution in [2.24, 2.45) is 0 Å². The molecule has 0 aliphatic carbocycles. The molecule has 7 nitrogen and oxygen atoms in total. The van der Waals surface area contributed by atoms with E-state index in [1.54, 1.807) is 53.9 Å². The largest absolute Gasteiger partial charge is 0.478 e. The van der Waals surface area contributed by atoms with Crippen LogP contribution in [0.4, 0.5) is 0 Å². The minimum atomic E-state index is -1.00. The van der Waals surface area contributed by atoms with Crippen molar-refractivity contribution in [1.82, 2.24) is 4.98 Å². The van der Waals surface area contributed by atoms with E-state index in [0.717, 1.165) is 9.86 Å². The van der Waals surface area contributed by atoms with Crippen LogP contribution in [0.3, 0.4) is 0 Å². The number of benzene rings is 2. The third-order valence-corrected chi connectivity index (χ3v) is 6.52. The zero-order valence-corrected chi connectivity index (χ0v) is 20.1. The molecular formula is C26H13BrN2O5S. The first-order valence-corrected chi connectivity index (χ1v) is 11.8. The molecule has 5 rings (SSSR count). The quantitative estimate of drug-likeness (QED) is 0.193. The van der Waals surface area contributed by atoms with Crippen molar-refractivity contribution in [3.05, 3.63) is 97.3 Å². The average Bonchev–Trinajstić information content (AvgIpc) is 3.52. The Balaban J connectivity index is 1.45. The summed E-state index contributed by atoms with van der Waals surface area (Å²) in [5.41, 5.74) is 1.85. The SMILES string of the molecule is N#C/C(=C\c1ccc(-c2ccc(C(=O)O)cc2)o1)c1nc(-c2cc3cc(Br)ccc3oc2=O)cs1. The Morgan fingerprint density at radius 2 is 1.89 bits per heavy atom. The second-order valence-electron chi connectivity index (χ2n) is 7.42. The van der Waals surface area contributed by atoms with Crippen LogP contribution in [0, 0.1) is 11.3 Å². The van der Waals surface area contributed by atoms with Crippen LogP contribution >= 0.6 is 27.3 Å². The van der Waals surface area contributed by atoms with E-state index in [1.807, 2.05) is 6.07 Å². The Morgan fingerprint density at radius 3 is 2.63 bits per heavy atom. The monoisotopic (exact) mass is 544 g/mol. The standard InChI is InChI=1S/C26H13BrN2O5S/c27-18-5-7-23-16(9-18)11-20(26(32)34-23)21-13-35-24(29-21)17(12-28)10-19-6-8-22(33-19)14-1-3-15(4-2-14)25(30)31/h1-11,13H,(H,30,31)/b17-10+. The van der Waals surface area contributed by atoms with E-state index in [1.165, 1.54) is 23.5 Å². The van der Waals surface area contributed by atoms with Gasteiger partial charge in [-0.15, -0.1) is 11.3 Å². The third kappa shape index (κ3) is 4.57. The predicted molar refractivity (Wildman–Crippen MR) is 136 cm³/mol. The number of carbonyl (C=O) groups is 1. The summed E-state index contributed by atoms with van der Waals surface area (Å²) in [7, 11) is 0. The molecular weight excluding hydrogens is 532 g/mol. The zero-order chi connectivity index (χ0) is 24.5. The van der Waals surface area contributed by atoms with Gasteiger partial charge in [-0.2, -0.15) is 5.26 Å². The van der Waals surface area contributed by atoms with Gasteiger partial charge < -0.3 is 13.9 Å². The lowest BCUT2D eigenvalue weighted by Crippen LogP contribution is -2.02. The molecule has 9 heteroatoms. The molecule has 1 N–H and O–H groups in total. The van der Waals surface area contributed by atoms with Crippen LogP contribution in [0.5, 0.6) is 0 Å². The number of carboxylic acids is 1. The number of aromatic carboxylic acids is 1. The van der Waals surface area contributed by atoms with Crippen LogP contribution in [0.2, 0.25) is 0 Å². The summed E-state index contributed by atoms with van der Waals surface area (Å²) >= 11 is 4.64. The molecule has 3 aromatic heterocycles. The highest BCUT2D eigenvalue weighted by Crippen LogP contribution is 2.30. The van der Waals surface area contributed by atoms with Crippen LogP contribution in [0.15, 0.2) is 84.1 Å². The number of nitriles is 1. The van der Waals surface area contributed by atoms with E-state index >= 15 is 0 Å². The van der Waals surface area contributed by atoms with Gasteiger partial charge in [0.15, 0.2) is 0 Å². The Kier molecular flexibility index (Phi) is 5.91. The van der Waals surface area contributed by atoms with Crippen LogP contribution in [0.1, 0.15) is 21.1 Å². The van der Waals surface area contributed by atoms with Gasteiger partial charge in [-0.1, -0.05) is 28.1 Å². The summed E-state index contributed by atoms with van der Waals surface area (Å²) < 4.78 is 12.1. The normalized spacial score (nSPS) is 11.5. The molecule has 0 aliphatic rings. The number of carboxylic acid groups (broad SMARTS) is 1. The fourth-order valence-corrected chi connectivity index (χ4v) is 4.61. The van der Waals surface area contributed by atoms with Gasteiger partial charge in [-0.3, -0.25) is 0 Å². The smallest absolute Gasteiger partial charge is 0.345 e. The molecule has 35 heavy (non-hydrogen) atoms. The van der Waals surface area contributed by atoms with Crippen LogP contribution < -0.4 is 5.63 Å². The van der Waals surface area contributed by atoms with Gasteiger partial charge >= 0.3 is 11.6 Å². The molecule has 2 aromatic carbocycles. The van der Waals surface area contributed by atoms with Crippen LogP contribution in [0.25, 0.3) is 45.2 Å². The van der Waals surface area contributed by atoms with Crippen molar-refractivity contribution < 1.29 is 18.7 Å². The van der Waals surface area contributed by atoms with Gasteiger partial charge in [0.05, 0.1) is 22.4 Å². The first kappa shape index (κ1) is 22.5. The Hall–Kier alpha value is -4.26. The molecule has 0 radical (unpaired) electrons. The minimum absolute atomic E-state index is 0.180. The summed E-state index contributed by atoms with van der Waals surface area (Å²) in [6.07, 6.45) is 1.57. The number of rotatable bonds is 5. The maximum Gasteiger partial charge on any atom is 0.345 e. The molecule has 3 heterocycles. The summed E-state index contributed by atoms with van der Waals surface area (Å²) in [6.45, 7) is 0. The van der Waals surface area contributed by atoms with Crippen molar-refractivity contribution in [3.63, 3.8) is 0 Å². The Labute approximate surface area is 210 Å². The van der Waals surface area contributed by atoms with Crippen molar-refractivity contribution in [3.8, 4) is 28.7 Å². The topological polar surface area (TPSA) is 117 Å². The van der Waals surface area contributed by atoms with Gasteiger partial charge in [-0.25, -0.2) is 14.6 Å². The molecule has 0 fully saturated rings. The molecule has 0 amide bonds. The van der Waals surface area contributed by atoms with Crippen molar-refractivity contribution >= 4 is 55.9 Å². The maximum atomic E-state index is 12.5. The number of aromatic nitrogens is 1. The van der Waals surface area contributed by atoms with E-state index in [9.17, 15) is 14.9 Å². The Bertz CT molecular complexity index is 1720. The number of hydrogen-bond donors (Lipinski definition) is 1. The molecule has 5 aromatic rings. The lowest BCUT2D eigenvalue weighted by atomic mass is 10.1. The second kappa shape index (κ2) is 9.18. The van der Waals surface area contributed by atoms with E-state index in [4.69, 9.17) is 13.9 Å². The molecule has 170 valence electrons. The number of furan rings is 1. The van der Waals surface area contributed by atoms with Crippen LogP contribution in [-0.2, 0) is 0 Å². The van der Waals surface area contributed by atoms with Gasteiger partial charge in [0.2, 0.25) is 0 Å². The van der Waals surface area contributed by atoms with Crippen LogP contribution in [-0.4, -0.2) is 16.1 Å². The lowest BCUT2D eigenvalue weighted by Gasteiger charge is -2.00. The summed E-state index contributed by atoms with van der Waals surface area (Å²) in [4.78, 5) is 28.0. The first-order chi connectivity index (χ1) is 16.9. The molecule has 0 bridgehead atoms. The minimum Gasteiger partial charge on any atom is -0.478 e. The summed E-state index contributed by atoms with van der Waals surface area (Å²) in [5.74, 6) is -0.0358. The van der Waals surface area contributed by atoms with E-state index < -0.39 is 11.6 Å². The lowest BCUT2D eigenvalue weighted by molar-refractivity contribution is 0.0697. The maximum absolute atomic E-state index is 12.5. The molecule has 0 spiro atoms. The first-order valence-electron chi connectivity index (χ1n) is 10.2.